The van der Waals surface area contributed by atoms with Gasteiger partial charge in [-0.25, -0.2) is 10.3 Å². The maximum atomic E-state index is 11.1. The maximum absolute atomic E-state index is 11.1. The van der Waals surface area contributed by atoms with Crippen LogP contribution in [0.4, 0.5) is 4.79 Å². The Labute approximate surface area is 81.8 Å². The number of amides is 1. The molecule has 0 rings (SSSR count). The summed E-state index contributed by atoms with van der Waals surface area (Å²) in [6.07, 6.45) is -0.471. The Kier molecular flexibility index (Phi) is 4.14. The number of hydrogen-bond donors (Lipinski definition) is 1. The van der Waals surface area contributed by atoms with Gasteiger partial charge in [0.15, 0.2) is 0 Å². The molecule has 0 spiro atoms. The fourth-order valence-electron chi connectivity index (χ4n) is 0.494. The van der Waals surface area contributed by atoms with E-state index in [1.54, 1.807) is 0 Å². The zero-order chi connectivity index (χ0) is 10.7. The van der Waals surface area contributed by atoms with E-state index in [0.717, 1.165) is 0 Å². The molecule has 0 heterocycles. The van der Waals surface area contributed by atoms with Gasteiger partial charge in [0.2, 0.25) is 16.6 Å². The predicted octanol–water partition coefficient (Wildman–Crippen LogP) is 2.31. The summed E-state index contributed by atoms with van der Waals surface area (Å²) >= 11 is 0. The minimum atomic E-state index is -1.79. The molecule has 0 aliphatic rings. The predicted molar refractivity (Wildman–Crippen MR) is 57.4 cm³/mol. The van der Waals surface area contributed by atoms with Crippen molar-refractivity contribution in [3.05, 3.63) is 0 Å². The van der Waals surface area contributed by atoms with Crippen molar-refractivity contribution in [2.45, 2.75) is 39.3 Å². The van der Waals surface area contributed by atoms with Crippen LogP contribution in [0.5, 0.6) is 0 Å². The van der Waals surface area contributed by atoms with Crippen molar-refractivity contribution in [1.29, 1.82) is 0 Å². The van der Waals surface area contributed by atoms with Crippen molar-refractivity contribution in [3.63, 3.8) is 0 Å². The molecule has 0 saturated heterocycles. The third-order valence-electron chi connectivity index (χ3n) is 0.839. The van der Waals surface area contributed by atoms with Crippen LogP contribution < -0.4 is 5.48 Å². The summed E-state index contributed by atoms with van der Waals surface area (Å²) in [5.41, 5.74) is 2.31. The molecule has 13 heavy (non-hydrogen) atoms. The number of nitrogens with one attached hydrogen (secondary N) is 1. The third kappa shape index (κ3) is 9.58. The van der Waals surface area contributed by atoms with Crippen molar-refractivity contribution in [2.24, 2.45) is 0 Å². The second-order valence-corrected chi connectivity index (χ2v) is 13.7. The molecule has 0 aromatic rings. The van der Waals surface area contributed by atoms with Crippen molar-refractivity contribution in [2.75, 3.05) is 0 Å². The molecule has 0 aliphatic carbocycles. The Balaban J connectivity index is 3.78. The Bertz CT molecular complexity index is 183. The first-order chi connectivity index (χ1) is 5.60. The average molecular weight is 221 g/mol. The number of rotatable bonds is 3. The molecule has 6 heteroatoms. The molecule has 78 valence electrons. The summed E-state index contributed by atoms with van der Waals surface area (Å²) in [7, 11) is -3.49. The lowest BCUT2D eigenvalue weighted by Crippen LogP contribution is -2.41. The molecule has 0 bridgehead atoms. The molecule has 0 aliphatic heterocycles. The summed E-state index contributed by atoms with van der Waals surface area (Å²) in [5, 5.41) is 0. The topological polar surface area (TPSA) is 47.6 Å². The van der Waals surface area contributed by atoms with E-state index in [9.17, 15) is 4.79 Å². The molecular weight excluding hydrogens is 202 g/mol. The highest BCUT2D eigenvalue weighted by atomic mass is 28.4. The molecule has 0 saturated carbocycles. The Hall–Kier alpha value is -0.336. The van der Waals surface area contributed by atoms with E-state index in [1.165, 1.54) is 0 Å². The summed E-state index contributed by atoms with van der Waals surface area (Å²) in [5.74, 6) is 0. The monoisotopic (exact) mass is 221 g/mol. The van der Waals surface area contributed by atoms with E-state index in [2.05, 4.69) is 5.48 Å². The van der Waals surface area contributed by atoms with Crippen LogP contribution in [0.2, 0.25) is 39.3 Å². The van der Waals surface area contributed by atoms with Crippen LogP contribution in [-0.4, -0.2) is 22.7 Å². The Morgan fingerprint density at radius 2 is 1.46 bits per heavy atom. The van der Waals surface area contributed by atoms with Gasteiger partial charge in [0.05, 0.1) is 0 Å². The molecule has 0 aromatic carbocycles. The summed E-state index contributed by atoms with van der Waals surface area (Å²) in [6.45, 7) is 11.8. The van der Waals surface area contributed by atoms with Crippen LogP contribution in [0.1, 0.15) is 0 Å². The first-order valence-electron chi connectivity index (χ1n) is 4.27. The van der Waals surface area contributed by atoms with E-state index in [0.29, 0.717) is 0 Å². The third-order valence-corrected chi connectivity index (χ3v) is 2.35. The molecule has 0 radical (unpaired) electrons. The fraction of sp³-hybridized carbons (Fsp3) is 0.857. The van der Waals surface area contributed by atoms with Gasteiger partial charge >= 0.3 is 6.09 Å². The minimum Gasteiger partial charge on any atom is -0.503 e. The number of carbonyl (C=O) groups excluding carboxylic acids is 1. The highest BCUT2D eigenvalue weighted by Gasteiger charge is 2.22. The minimum absolute atomic E-state index is 0.471. The first kappa shape index (κ1) is 12.7. The van der Waals surface area contributed by atoms with E-state index in [4.69, 9.17) is 8.95 Å². The zero-order valence-electron chi connectivity index (χ0n) is 9.22. The summed E-state index contributed by atoms with van der Waals surface area (Å²) < 4.78 is 10.3. The lowest BCUT2D eigenvalue weighted by molar-refractivity contribution is 0.136. The quantitative estimate of drug-likeness (QED) is 0.588. The number of hydrogen-bond acceptors (Lipinski definition) is 3. The molecule has 1 amide bonds. The van der Waals surface area contributed by atoms with E-state index >= 15 is 0 Å². The van der Waals surface area contributed by atoms with Crippen LogP contribution in [0.3, 0.4) is 0 Å². The summed E-state index contributed by atoms with van der Waals surface area (Å²) in [4.78, 5) is 11.1. The van der Waals surface area contributed by atoms with Crippen molar-refractivity contribution in [3.8, 4) is 0 Å². The lowest BCUT2D eigenvalue weighted by atomic mass is 11.3. The Morgan fingerprint density at radius 1 is 1.00 bits per heavy atom. The molecule has 0 unspecified atom stereocenters. The highest BCUT2D eigenvalue weighted by Crippen LogP contribution is 2.04. The van der Waals surface area contributed by atoms with Crippen molar-refractivity contribution >= 4 is 22.7 Å². The van der Waals surface area contributed by atoms with E-state index in [-0.39, 0.29) is 0 Å². The van der Waals surface area contributed by atoms with Crippen molar-refractivity contribution in [1.82, 2.24) is 5.48 Å². The largest absolute Gasteiger partial charge is 0.503 e. The molecule has 0 aromatic heterocycles. The van der Waals surface area contributed by atoms with Gasteiger partial charge in [-0.2, -0.15) is 0 Å². The van der Waals surface area contributed by atoms with Gasteiger partial charge in [0.25, 0.3) is 0 Å². The van der Waals surface area contributed by atoms with Crippen LogP contribution in [0.15, 0.2) is 0 Å². The molecule has 1 N–H and O–H groups in total. The second-order valence-electron chi connectivity index (χ2n) is 4.82. The van der Waals surface area contributed by atoms with Crippen LogP contribution in [-0.2, 0) is 8.95 Å². The van der Waals surface area contributed by atoms with Gasteiger partial charge < -0.3 is 8.95 Å². The average Bonchev–Trinajstić information content (AvgIpc) is 1.78. The fourth-order valence-corrected chi connectivity index (χ4v) is 1.48. The maximum Gasteiger partial charge on any atom is 0.416 e. The molecule has 4 nitrogen and oxygen atoms in total. The lowest BCUT2D eigenvalue weighted by Gasteiger charge is -2.21. The molecule has 0 atom stereocenters. The SMILES string of the molecule is C[Si](C)(C)ONC(=O)O[Si](C)(C)C. The van der Waals surface area contributed by atoms with Crippen LogP contribution in [0, 0.1) is 0 Å². The van der Waals surface area contributed by atoms with Gasteiger partial charge in [0.1, 0.15) is 0 Å². The van der Waals surface area contributed by atoms with Crippen LogP contribution in [0.25, 0.3) is 0 Å². The highest BCUT2D eigenvalue weighted by molar-refractivity contribution is 6.71. The zero-order valence-corrected chi connectivity index (χ0v) is 11.2. The van der Waals surface area contributed by atoms with Gasteiger partial charge in [-0.05, 0) is 39.3 Å². The Morgan fingerprint density at radius 3 is 1.77 bits per heavy atom. The molecule has 0 fully saturated rings. The standard InChI is InChI=1S/C7H19NO3Si2/c1-12(2,3)10-7(9)8-11-13(4,5)6/h1-6H3,(H,8,9). The number of carbonyl (C=O) groups is 1. The van der Waals surface area contributed by atoms with Crippen molar-refractivity contribution < 1.29 is 13.7 Å². The van der Waals surface area contributed by atoms with Gasteiger partial charge in [-0.3, -0.25) is 0 Å². The van der Waals surface area contributed by atoms with Gasteiger partial charge in [0, 0.05) is 0 Å². The van der Waals surface area contributed by atoms with Gasteiger partial charge in [-0.1, -0.05) is 0 Å². The summed E-state index contributed by atoms with van der Waals surface area (Å²) in [6, 6.07) is 0. The smallest absolute Gasteiger partial charge is 0.416 e. The first-order valence-corrected chi connectivity index (χ1v) is 11.1. The second kappa shape index (κ2) is 4.25. The molecular formula is C7H19NO3Si2. The van der Waals surface area contributed by atoms with Crippen LogP contribution >= 0.6 is 0 Å². The number of hydroxylamine groups is 1. The normalized spacial score (nSPS) is 12.5. The van der Waals surface area contributed by atoms with E-state index < -0.39 is 22.7 Å². The van der Waals surface area contributed by atoms with Gasteiger partial charge in [-0.15, -0.1) is 0 Å². The van der Waals surface area contributed by atoms with E-state index in [1.807, 2.05) is 39.3 Å².